The second-order valence-corrected chi connectivity index (χ2v) is 5.70. The van der Waals surface area contributed by atoms with E-state index >= 15 is 0 Å². The molecular formula is C17H18FNO2. The highest BCUT2D eigenvalue weighted by Crippen LogP contribution is 2.22. The summed E-state index contributed by atoms with van der Waals surface area (Å²) in [6.07, 6.45) is 0.161. The third kappa shape index (κ3) is 3.43. The Morgan fingerprint density at radius 2 is 2.05 bits per heavy atom. The lowest BCUT2D eigenvalue weighted by Gasteiger charge is -2.20. The van der Waals surface area contributed by atoms with Crippen LogP contribution >= 0.6 is 0 Å². The fraction of sp³-hybridized carbons (Fsp3) is 0.353. The van der Waals surface area contributed by atoms with Crippen molar-refractivity contribution in [2.75, 3.05) is 0 Å². The summed E-state index contributed by atoms with van der Waals surface area (Å²) in [6, 6.07) is 5.96. The van der Waals surface area contributed by atoms with E-state index in [1.165, 1.54) is 16.7 Å². The van der Waals surface area contributed by atoms with E-state index in [1.54, 1.807) is 32.9 Å². The van der Waals surface area contributed by atoms with Crippen molar-refractivity contribution in [3.8, 4) is 11.8 Å². The van der Waals surface area contributed by atoms with Crippen LogP contribution in [-0.2, 0) is 4.74 Å². The third-order valence-corrected chi connectivity index (χ3v) is 2.73. The van der Waals surface area contributed by atoms with Crippen LogP contribution < -0.4 is 0 Å². The van der Waals surface area contributed by atoms with Crippen LogP contribution in [-0.4, -0.2) is 16.3 Å². The number of benzene rings is 1. The number of hydrogen-bond acceptors (Lipinski definition) is 2. The molecule has 0 atom stereocenters. The predicted molar refractivity (Wildman–Crippen MR) is 80.7 cm³/mol. The van der Waals surface area contributed by atoms with Crippen LogP contribution in [0.2, 0.25) is 0 Å². The zero-order valence-corrected chi connectivity index (χ0v) is 12.7. The Labute approximate surface area is 123 Å². The van der Waals surface area contributed by atoms with E-state index in [9.17, 15) is 9.18 Å². The molecule has 2 rings (SSSR count). The van der Waals surface area contributed by atoms with E-state index in [0.717, 1.165) is 0 Å². The number of ether oxygens (including phenoxy) is 1. The van der Waals surface area contributed by atoms with Crippen molar-refractivity contribution in [3.63, 3.8) is 0 Å². The second kappa shape index (κ2) is 5.61. The van der Waals surface area contributed by atoms with Crippen LogP contribution in [0.1, 0.15) is 39.8 Å². The molecule has 0 unspecified atom stereocenters. The molecule has 0 aliphatic carbocycles. The van der Waals surface area contributed by atoms with E-state index in [1.807, 2.05) is 6.92 Å². The van der Waals surface area contributed by atoms with Gasteiger partial charge in [0.05, 0.1) is 5.52 Å². The number of carbonyl (C=O) groups excluding carboxylic acids is 1. The summed E-state index contributed by atoms with van der Waals surface area (Å²) in [5.74, 6) is 5.51. The van der Waals surface area contributed by atoms with Gasteiger partial charge in [-0.25, -0.2) is 13.8 Å². The standard InChI is InChI=1S/C17H18FNO2/c1-5-6-7-14-11-12-10-13(18)8-9-15(12)19(14)16(20)21-17(2,3)4/h8-11H,5H2,1-4H3. The normalized spacial score (nSPS) is 11.1. The highest BCUT2D eigenvalue weighted by atomic mass is 19.1. The first-order chi connectivity index (χ1) is 9.81. The Morgan fingerprint density at radius 1 is 1.33 bits per heavy atom. The second-order valence-electron chi connectivity index (χ2n) is 5.70. The van der Waals surface area contributed by atoms with Crippen molar-refractivity contribution in [3.05, 3.63) is 35.8 Å². The van der Waals surface area contributed by atoms with Gasteiger partial charge in [-0.1, -0.05) is 12.8 Å². The van der Waals surface area contributed by atoms with Crippen LogP contribution in [0.3, 0.4) is 0 Å². The zero-order chi connectivity index (χ0) is 15.6. The molecule has 21 heavy (non-hydrogen) atoms. The van der Waals surface area contributed by atoms with Gasteiger partial charge < -0.3 is 4.74 Å². The van der Waals surface area contributed by atoms with E-state index in [2.05, 4.69) is 11.8 Å². The highest BCUT2D eigenvalue weighted by molar-refractivity contribution is 5.92. The number of nitrogens with zero attached hydrogens (tertiary/aromatic N) is 1. The Bertz CT molecular complexity index is 742. The first-order valence-corrected chi connectivity index (χ1v) is 6.85. The molecule has 0 N–H and O–H groups in total. The predicted octanol–water partition coefficient (Wildman–Crippen LogP) is 4.33. The minimum Gasteiger partial charge on any atom is -0.443 e. The Hall–Kier alpha value is -2.28. The molecule has 0 amide bonds. The molecule has 0 aliphatic heterocycles. The Balaban J connectivity index is 2.60. The first-order valence-electron chi connectivity index (χ1n) is 6.85. The first kappa shape index (κ1) is 15.1. The smallest absolute Gasteiger partial charge is 0.420 e. The van der Waals surface area contributed by atoms with Gasteiger partial charge in [-0.15, -0.1) is 0 Å². The molecule has 0 aliphatic rings. The largest absolute Gasteiger partial charge is 0.443 e. The van der Waals surface area contributed by atoms with Gasteiger partial charge in [-0.05, 0) is 51.0 Å². The van der Waals surface area contributed by atoms with Gasteiger partial charge in [0.1, 0.15) is 17.1 Å². The molecular weight excluding hydrogens is 269 g/mol. The molecule has 0 bridgehead atoms. The summed E-state index contributed by atoms with van der Waals surface area (Å²) < 4.78 is 20.1. The lowest BCUT2D eigenvalue weighted by atomic mass is 10.2. The van der Waals surface area contributed by atoms with Gasteiger partial charge in [-0.3, -0.25) is 0 Å². The molecule has 0 saturated carbocycles. The van der Waals surface area contributed by atoms with Crippen LogP contribution in [0.4, 0.5) is 9.18 Å². The van der Waals surface area contributed by atoms with E-state index in [0.29, 0.717) is 23.0 Å². The van der Waals surface area contributed by atoms with Crippen molar-refractivity contribution >= 4 is 17.0 Å². The molecule has 2 aromatic rings. The molecule has 1 aromatic heterocycles. The summed E-state index contributed by atoms with van der Waals surface area (Å²) in [4.78, 5) is 12.4. The number of carbonyl (C=O) groups is 1. The average Bonchev–Trinajstić information content (AvgIpc) is 2.71. The SMILES string of the molecule is CCC#Cc1cc2cc(F)ccc2n1C(=O)OC(C)(C)C. The zero-order valence-electron chi connectivity index (χ0n) is 12.7. The summed E-state index contributed by atoms with van der Waals surface area (Å²) in [7, 11) is 0. The van der Waals surface area contributed by atoms with Crippen molar-refractivity contribution in [2.24, 2.45) is 0 Å². The fourth-order valence-electron chi connectivity index (χ4n) is 1.96. The van der Waals surface area contributed by atoms with Gasteiger partial charge in [0.2, 0.25) is 0 Å². The maximum atomic E-state index is 13.3. The lowest BCUT2D eigenvalue weighted by molar-refractivity contribution is 0.0543. The molecule has 0 fully saturated rings. The number of aromatic nitrogens is 1. The maximum absolute atomic E-state index is 13.3. The van der Waals surface area contributed by atoms with Gasteiger partial charge in [0.25, 0.3) is 0 Å². The average molecular weight is 287 g/mol. The molecule has 1 aromatic carbocycles. The van der Waals surface area contributed by atoms with Crippen molar-refractivity contribution < 1.29 is 13.9 Å². The van der Waals surface area contributed by atoms with E-state index in [4.69, 9.17) is 4.74 Å². The number of fused-ring (bicyclic) bond motifs is 1. The summed E-state index contributed by atoms with van der Waals surface area (Å²) in [5.41, 5.74) is 0.487. The molecule has 0 saturated heterocycles. The van der Waals surface area contributed by atoms with Crippen molar-refractivity contribution in [1.82, 2.24) is 4.57 Å². The van der Waals surface area contributed by atoms with Crippen molar-refractivity contribution in [2.45, 2.75) is 39.7 Å². The van der Waals surface area contributed by atoms with Crippen molar-refractivity contribution in [1.29, 1.82) is 0 Å². The summed E-state index contributed by atoms with van der Waals surface area (Å²) >= 11 is 0. The molecule has 4 heteroatoms. The maximum Gasteiger partial charge on any atom is 0.420 e. The quantitative estimate of drug-likeness (QED) is 0.675. The van der Waals surface area contributed by atoms with Crippen LogP contribution in [0.25, 0.3) is 10.9 Å². The summed E-state index contributed by atoms with van der Waals surface area (Å²) in [5, 5.41) is 0.626. The fourth-order valence-corrected chi connectivity index (χ4v) is 1.96. The topological polar surface area (TPSA) is 31.2 Å². The number of rotatable bonds is 0. The molecule has 110 valence electrons. The Kier molecular flexibility index (Phi) is 4.04. The number of hydrogen-bond donors (Lipinski definition) is 0. The lowest BCUT2D eigenvalue weighted by Crippen LogP contribution is -2.27. The minimum absolute atomic E-state index is 0.348. The van der Waals surface area contributed by atoms with Gasteiger partial charge in [0, 0.05) is 11.8 Å². The van der Waals surface area contributed by atoms with Gasteiger partial charge in [0.15, 0.2) is 0 Å². The highest BCUT2D eigenvalue weighted by Gasteiger charge is 2.21. The number of halogens is 1. The van der Waals surface area contributed by atoms with Crippen LogP contribution in [0.15, 0.2) is 24.3 Å². The Morgan fingerprint density at radius 3 is 2.67 bits per heavy atom. The minimum atomic E-state index is -0.608. The third-order valence-electron chi connectivity index (χ3n) is 2.73. The molecule has 3 nitrogen and oxygen atoms in total. The van der Waals surface area contributed by atoms with Gasteiger partial charge in [-0.2, -0.15) is 0 Å². The van der Waals surface area contributed by atoms with E-state index in [-0.39, 0.29) is 5.82 Å². The van der Waals surface area contributed by atoms with Crippen LogP contribution in [0.5, 0.6) is 0 Å². The van der Waals surface area contributed by atoms with Crippen LogP contribution in [0, 0.1) is 17.7 Å². The molecule has 0 radical (unpaired) electrons. The molecule has 0 spiro atoms. The monoisotopic (exact) mass is 287 g/mol. The van der Waals surface area contributed by atoms with Gasteiger partial charge >= 0.3 is 6.09 Å². The summed E-state index contributed by atoms with van der Waals surface area (Å²) in [6.45, 7) is 7.32. The van der Waals surface area contributed by atoms with E-state index < -0.39 is 11.7 Å². The molecule has 1 heterocycles.